The first-order valence-electron chi connectivity index (χ1n) is 7.99. The normalized spacial score (nSPS) is 22.9. The van der Waals surface area contributed by atoms with E-state index in [0.29, 0.717) is 10.7 Å². The van der Waals surface area contributed by atoms with Gasteiger partial charge in [0, 0.05) is 36.6 Å². The molecule has 1 aromatic heterocycles. The van der Waals surface area contributed by atoms with E-state index in [-0.39, 0.29) is 6.42 Å². The van der Waals surface area contributed by atoms with Crippen molar-refractivity contribution in [2.45, 2.75) is 25.4 Å². The first-order chi connectivity index (χ1) is 12.2. The lowest BCUT2D eigenvalue weighted by molar-refractivity contribution is -0.120. The Labute approximate surface area is 157 Å². The number of anilines is 1. The van der Waals surface area contributed by atoms with Crippen molar-refractivity contribution in [3.63, 3.8) is 0 Å². The molecule has 2 aromatic rings. The Hall–Kier alpha value is -1.94. The smallest absolute Gasteiger partial charge is 0.280 e. The number of rotatable bonds is 3. The van der Waals surface area contributed by atoms with Crippen molar-refractivity contribution in [2.24, 2.45) is 7.05 Å². The van der Waals surface area contributed by atoms with Crippen LogP contribution in [0, 0.1) is 6.92 Å². The van der Waals surface area contributed by atoms with Gasteiger partial charge in [-0.05, 0) is 31.5 Å². The first-order valence-corrected chi connectivity index (χ1v) is 9.81. The van der Waals surface area contributed by atoms with Crippen LogP contribution in [-0.4, -0.2) is 41.5 Å². The van der Waals surface area contributed by atoms with Crippen LogP contribution in [0.4, 0.5) is 5.69 Å². The number of halogens is 1. The molecule has 1 aliphatic heterocycles. The number of aryl methyl sites for hydroxylation is 2. The minimum atomic E-state index is -3.80. The SMILES string of the molecule is Cc1nn(C)cc1[C@H]1C[C@H](C(=O)Nc2cccc(Cl)c2)N(C)S(=O)(=O)N1. The van der Waals surface area contributed by atoms with Crippen LogP contribution in [0.25, 0.3) is 0 Å². The topological polar surface area (TPSA) is 96.3 Å². The number of likely N-dealkylation sites (N-methyl/N-ethyl adjacent to an activating group) is 1. The second kappa shape index (κ2) is 6.99. The fourth-order valence-electron chi connectivity index (χ4n) is 3.06. The molecule has 2 N–H and O–H groups in total. The maximum Gasteiger partial charge on any atom is 0.280 e. The van der Waals surface area contributed by atoms with Gasteiger partial charge in [0.1, 0.15) is 6.04 Å². The monoisotopic (exact) mass is 397 g/mol. The molecular formula is C16H20ClN5O3S. The highest BCUT2D eigenvalue weighted by atomic mass is 35.5. The molecule has 8 nitrogen and oxygen atoms in total. The highest BCUT2D eigenvalue weighted by Gasteiger charge is 2.41. The number of nitrogens with zero attached hydrogens (tertiary/aromatic N) is 3. The largest absolute Gasteiger partial charge is 0.325 e. The molecule has 26 heavy (non-hydrogen) atoms. The van der Waals surface area contributed by atoms with Crippen molar-refractivity contribution in [1.82, 2.24) is 18.8 Å². The van der Waals surface area contributed by atoms with Crippen molar-refractivity contribution in [3.8, 4) is 0 Å². The minimum absolute atomic E-state index is 0.286. The number of amides is 1. The Balaban J connectivity index is 1.87. The summed E-state index contributed by atoms with van der Waals surface area (Å²) in [5, 5.41) is 7.47. The highest BCUT2D eigenvalue weighted by molar-refractivity contribution is 7.87. The summed E-state index contributed by atoms with van der Waals surface area (Å²) in [6.07, 6.45) is 2.05. The van der Waals surface area contributed by atoms with Crippen molar-refractivity contribution >= 4 is 33.4 Å². The van der Waals surface area contributed by atoms with Crippen LogP contribution in [-0.2, 0) is 22.1 Å². The van der Waals surface area contributed by atoms with Crippen molar-refractivity contribution in [2.75, 3.05) is 12.4 Å². The lowest BCUT2D eigenvalue weighted by Gasteiger charge is -2.36. The van der Waals surface area contributed by atoms with E-state index in [1.165, 1.54) is 7.05 Å². The molecule has 1 saturated heterocycles. The van der Waals surface area contributed by atoms with Crippen molar-refractivity contribution in [3.05, 3.63) is 46.7 Å². The average Bonchev–Trinajstić information content (AvgIpc) is 2.88. The lowest BCUT2D eigenvalue weighted by Crippen LogP contribution is -2.56. The zero-order valence-electron chi connectivity index (χ0n) is 14.6. The molecule has 0 saturated carbocycles. The van der Waals surface area contributed by atoms with Gasteiger partial charge in [-0.15, -0.1) is 0 Å². The Bertz CT molecular complexity index is 943. The molecule has 2 heterocycles. The predicted octanol–water partition coefficient (Wildman–Crippen LogP) is 1.60. The number of carbonyl (C=O) groups excluding carboxylic acids is 1. The summed E-state index contributed by atoms with van der Waals surface area (Å²) >= 11 is 5.93. The molecular weight excluding hydrogens is 378 g/mol. The number of benzene rings is 1. The summed E-state index contributed by atoms with van der Waals surface area (Å²) in [4.78, 5) is 12.7. The molecule has 0 unspecified atom stereocenters. The van der Waals surface area contributed by atoms with Gasteiger partial charge >= 0.3 is 0 Å². The van der Waals surface area contributed by atoms with E-state index < -0.39 is 28.2 Å². The number of nitrogens with one attached hydrogen (secondary N) is 2. The average molecular weight is 398 g/mol. The Morgan fingerprint density at radius 1 is 1.38 bits per heavy atom. The molecule has 140 valence electrons. The van der Waals surface area contributed by atoms with Gasteiger partial charge in [0.05, 0.1) is 11.7 Å². The van der Waals surface area contributed by atoms with Crippen LogP contribution in [0.5, 0.6) is 0 Å². The summed E-state index contributed by atoms with van der Waals surface area (Å²) in [5.74, 6) is -0.411. The molecule has 0 bridgehead atoms. The van der Waals surface area contributed by atoms with E-state index in [0.717, 1.165) is 15.6 Å². The van der Waals surface area contributed by atoms with E-state index in [9.17, 15) is 13.2 Å². The number of hydrogen-bond acceptors (Lipinski definition) is 4. The molecule has 10 heteroatoms. The third-order valence-corrected chi connectivity index (χ3v) is 6.22. The molecule has 0 aliphatic carbocycles. The van der Waals surface area contributed by atoms with Gasteiger partial charge < -0.3 is 5.32 Å². The summed E-state index contributed by atoms with van der Waals surface area (Å²) in [6, 6.07) is 5.33. The Kier molecular flexibility index (Phi) is 5.07. The number of aromatic nitrogens is 2. The molecule has 1 aliphatic rings. The zero-order valence-corrected chi connectivity index (χ0v) is 16.2. The molecule has 1 fully saturated rings. The van der Waals surface area contributed by atoms with E-state index >= 15 is 0 Å². The summed E-state index contributed by atoms with van der Waals surface area (Å²) in [7, 11) is -0.649. The summed E-state index contributed by atoms with van der Waals surface area (Å²) in [6.45, 7) is 1.81. The zero-order chi connectivity index (χ0) is 19.1. The lowest BCUT2D eigenvalue weighted by atomic mass is 10.00. The molecule has 3 rings (SSSR count). The molecule has 0 spiro atoms. The fraction of sp³-hybridized carbons (Fsp3) is 0.375. The maximum atomic E-state index is 12.7. The van der Waals surface area contributed by atoms with Gasteiger partial charge in [0.25, 0.3) is 10.2 Å². The second-order valence-corrected chi connectivity index (χ2v) is 8.48. The van der Waals surface area contributed by atoms with Crippen LogP contribution in [0.2, 0.25) is 5.02 Å². The fourth-order valence-corrected chi connectivity index (χ4v) is 4.52. The van der Waals surface area contributed by atoms with Crippen molar-refractivity contribution < 1.29 is 13.2 Å². The third-order valence-electron chi connectivity index (χ3n) is 4.39. The van der Waals surface area contributed by atoms with Gasteiger partial charge in [-0.25, -0.2) is 0 Å². The summed E-state index contributed by atoms with van der Waals surface area (Å²) < 4.78 is 30.3. The standard InChI is InChI=1S/C16H20ClN5O3S/c1-10-13(9-21(2)19-10)14-8-15(22(3)26(24,25)20-14)16(23)18-12-6-4-5-11(17)7-12/h4-7,9,14-15,20H,8H2,1-3H3,(H,18,23)/t14-,15-/m1/s1. The number of carbonyl (C=O) groups is 1. The van der Waals surface area contributed by atoms with Crippen LogP contribution < -0.4 is 10.0 Å². The van der Waals surface area contributed by atoms with Crippen LogP contribution in [0.3, 0.4) is 0 Å². The van der Waals surface area contributed by atoms with Crippen LogP contribution in [0.1, 0.15) is 23.7 Å². The summed E-state index contributed by atoms with van der Waals surface area (Å²) in [5.41, 5.74) is 1.99. The van der Waals surface area contributed by atoms with Crippen molar-refractivity contribution in [1.29, 1.82) is 0 Å². The van der Waals surface area contributed by atoms with Crippen LogP contribution >= 0.6 is 11.6 Å². The van der Waals surface area contributed by atoms with Gasteiger partial charge in [0.2, 0.25) is 5.91 Å². The van der Waals surface area contributed by atoms with Gasteiger partial charge in [0.15, 0.2) is 0 Å². The van der Waals surface area contributed by atoms with E-state index in [1.807, 2.05) is 6.92 Å². The van der Waals surface area contributed by atoms with Gasteiger partial charge in [-0.2, -0.15) is 22.5 Å². The highest BCUT2D eigenvalue weighted by Crippen LogP contribution is 2.30. The van der Waals surface area contributed by atoms with E-state index in [2.05, 4.69) is 15.1 Å². The first kappa shape index (κ1) is 18.8. The Morgan fingerprint density at radius 2 is 2.12 bits per heavy atom. The second-order valence-electron chi connectivity index (χ2n) is 6.29. The van der Waals surface area contributed by atoms with Gasteiger partial charge in [-0.3, -0.25) is 9.48 Å². The Morgan fingerprint density at radius 3 is 2.73 bits per heavy atom. The molecule has 1 amide bonds. The maximum absolute atomic E-state index is 12.7. The van der Waals surface area contributed by atoms with E-state index in [4.69, 9.17) is 11.6 Å². The molecule has 2 atom stereocenters. The molecule has 0 radical (unpaired) electrons. The predicted molar refractivity (Wildman–Crippen MR) is 99.0 cm³/mol. The van der Waals surface area contributed by atoms with E-state index in [1.54, 1.807) is 42.2 Å². The quantitative estimate of drug-likeness (QED) is 0.822. The number of hydrogen-bond donors (Lipinski definition) is 2. The van der Waals surface area contributed by atoms with Gasteiger partial charge in [-0.1, -0.05) is 17.7 Å². The molecule has 1 aromatic carbocycles. The third kappa shape index (κ3) is 3.75. The minimum Gasteiger partial charge on any atom is -0.325 e. The van der Waals surface area contributed by atoms with Crippen LogP contribution in [0.15, 0.2) is 30.5 Å².